The third kappa shape index (κ3) is 2.68. The molecule has 4 fully saturated rings. The Balaban J connectivity index is 1.91. The molecule has 1 spiro atoms. The number of carbonyl (C=O) groups excluding carboxylic acids is 3. The highest BCUT2D eigenvalue weighted by Crippen LogP contribution is 2.71. The van der Waals surface area contributed by atoms with Crippen LogP contribution in [0.1, 0.15) is 73.1 Å². The average molecular weight is 403 g/mol. The minimum atomic E-state index is -0.815. The first-order valence-electron chi connectivity index (χ1n) is 11.0. The fourth-order valence-corrected chi connectivity index (χ4v) is 8.09. The van der Waals surface area contributed by atoms with Crippen molar-refractivity contribution in [2.75, 3.05) is 0 Å². The van der Waals surface area contributed by atoms with Gasteiger partial charge in [-0.15, -0.1) is 0 Å². The largest absolute Gasteiger partial charge is 0.457 e. The van der Waals surface area contributed by atoms with Crippen LogP contribution in [0.25, 0.3) is 0 Å². The molecule has 5 nitrogen and oxygen atoms in total. The molecule has 4 rings (SSSR count). The third-order valence-electron chi connectivity index (χ3n) is 8.82. The lowest BCUT2D eigenvalue weighted by Crippen LogP contribution is -2.69. The molecular weight excluding hydrogens is 368 g/mol. The Hall–Kier alpha value is -1.65. The van der Waals surface area contributed by atoms with Gasteiger partial charge in [-0.3, -0.25) is 14.4 Å². The molecular formula is C24H34O5. The number of Topliss-reactive ketones (excluding diaryl/α,β-unsaturated/α-hetero) is 1. The molecule has 2 bridgehead atoms. The maximum absolute atomic E-state index is 14.2. The van der Waals surface area contributed by atoms with Gasteiger partial charge in [-0.05, 0) is 60.3 Å². The summed E-state index contributed by atoms with van der Waals surface area (Å²) in [5.41, 5.74) is -0.197. The van der Waals surface area contributed by atoms with Gasteiger partial charge in [0.05, 0.1) is 5.41 Å². The molecule has 0 amide bonds. The Morgan fingerprint density at radius 3 is 2.31 bits per heavy atom. The molecule has 0 aromatic carbocycles. The molecule has 0 saturated heterocycles. The van der Waals surface area contributed by atoms with Gasteiger partial charge in [0.1, 0.15) is 6.10 Å². The van der Waals surface area contributed by atoms with Crippen LogP contribution in [0, 0.1) is 34.0 Å². The number of ether oxygens (including phenoxy) is 2. The standard InChI is InChI=1S/C24H34O5/c1-13-16-8-9-17-23(6)11-7-10-22(4,5)19(23)18(28-14(2)25)20(27)24(17,12-16)21(13)29-15(3)26/h16-19,21H,1,7-12H2,2-6H3/t16-,17+,18+,19-,21-,23+,24-/m1/s1. The lowest BCUT2D eigenvalue weighted by molar-refractivity contribution is -0.219. The molecule has 4 saturated carbocycles. The van der Waals surface area contributed by atoms with E-state index >= 15 is 0 Å². The Kier molecular flexibility index (Phi) is 4.57. The molecule has 0 unspecified atom stereocenters. The maximum Gasteiger partial charge on any atom is 0.303 e. The van der Waals surface area contributed by atoms with Gasteiger partial charge in [-0.25, -0.2) is 0 Å². The van der Waals surface area contributed by atoms with E-state index in [1.54, 1.807) is 0 Å². The lowest BCUT2D eigenvalue weighted by Gasteiger charge is -2.64. The van der Waals surface area contributed by atoms with Gasteiger partial charge < -0.3 is 9.47 Å². The summed E-state index contributed by atoms with van der Waals surface area (Å²) in [6.45, 7) is 13.7. The summed E-state index contributed by atoms with van der Waals surface area (Å²) in [6, 6.07) is 0. The summed E-state index contributed by atoms with van der Waals surface area (Å²) >= 11 is 0. The van der Waals surface area contributed by atoms with Crippen molar-refractivity contribution in [2.24, 2.45) is 34.0 Å². The molecule has 0 radical (unpaired) electrons. The molecule has 0 aliphatic heterocycles. The van der Waals surface area contributed by atoms with Crippen molar-refractivity contribution in [1.82, 2.24) is 0 Å². The van der Waals surface area contributed by atoms with Gasteiger partial charge in [-0.1, -0.05) is 33.8 Å². The second-order valence-electron chi connectivity index (χ2n) is 10.9. The highest BCUT2D eigenvalue weighted by atomic mass is 16.6. The van der Waals surface area contributed by atoms with Crippen LogP contribution in [-0.4, -0.2) is 29.9 Å². The second-order valence-corrected chi connectivity index (χ2v) is 10.9. The zero-order valence-electron chi connectivity index (χ0n) is 18.4. The zero-order valence-corrected chi connectivity index (χ0v) is 18.4. The molecule has 160 valence electrons. The van der Waals surface area contributed by atoms with Crippen molar-refractivity contribution >= 4 is 17.7 Å². The van der Waals surface area contributed by atoms with Crippen LogP contribution in [0.15, 0.2) is 12.2 Å². The number of carbonyl (C=O) groups is 3. The number of rotatable bonds is 2. The fraction of sp³-hybridized carbons (Fsp3) is 0.792. The monoisotopic (exact) mass is 402 g/mol. The maximum atomic E-state index is 14.2. The SMILES string of the molecule is C=C1[C@@H]2CC[C@H]3[C@]4(C)CCCC(C)(C)[C@H]4[C@H](OC(C)=O)C(=O)[C@]3(C2)[C@@H]1OC(C)=O. The quantitative estimate of drug-likeness (QED) is 0.510. The highest BCUT2D eigenvalue weighted by molar-refractivity contribution is 5.94. The molecule has 5 heteroatoms. The van der Waals surface area contributed by atoms with Crippen LogP contribution >= 0.6 is 0 Å². The minimum Gasteiger partial charge on any atom is -0.457 e. The van der Waals surface area contributed by atoms with E-state index in [0.29, 0.717) is 6.42 Å². The van der Waals surface area contributed by atoms with Gasteiger partial charge in [-0.2, -0.15) is 0 Å². The van der Waals surface area contributed by atoms with Gasteiger partial charge in [0.2, 0.25) is 0 Å². The van der Waals surface area contributed by atoms with Crippen molar-refractivity contribution in [3.8, 4) is 0 Å². The molecule has 0 aromatic rings. The van der Waals surface area contributed by atoms with Crippen molar-refractivity contribution < 1.29 is 23.9 Å². The highest BCUT2D eigenvalue weighted by Gasteiger charge is 2.74. The third-order valence-corrected chi connectivity index (χ3v) is 8.82. The Bertz CT molecular complexity index is 782. The molecule has 29 heavy (non-hydrogen) atoms. The predicted octanol–water partition coefficient (Wildman–Crippen LogP) is 4.24. The lowest BCUT2D eigenvalue weighted by atomic mass is 9.39. The van der Waals surface area contributed by atoms with Gasteiger partial charge in [0, 0.05) is 19.8 Å². The van der Waals surface area contributed by atoms with E-state index in [-0.39, 0.29) is 40.3 Å². The number of fused-ring (bicyclic) bond motifs is 3. The molecule has 4 aliphatic carbocycles. The van der Waals surface area contributed by atoms with Crippen molar-refractivity contribution in [3.63, 3.8) is 0 Å². The minimum absolute atomic E-state index is 0.0285. The van der Waals surface area contributed by atoms with E-state index in [2.05, 4.69) is 27.4 Å². The van der Waals surface area contributed by atoms with E-state index in [9.17, 15) is 14.4 Å². The number of esters is 2. The molecule has 7 atom stereocenters. The number of hydrogen-bond acceptors (Lipinski definition) is 5. The molecule has 0 aromatic heterocycles. The van der Waals surface area contributed by atoms with E-state index in [4.69, 9.17) is 9.47 Å². The van der Waals surface area contributed by atoms with Gasteiger partial charge >= 0.3 is 11.9 Å². The molecule has 0 N–H and O–H groups in total. The number of ketones is 1. The summed E-state index contributed by atoms with van der Waals surface area (Å²) in [5.74, 6) is -0.572. The van der Waals surface area contributed by atoms with Crippen molar-refractivity contribution in [2.45, 2.75) is 85.4 Å². The van der Waals surface area contributed by atoms with Crippen LogP contribution in [0.4, 0.5) is 0 Å². The van der Waals surface area contributed by atoms with E-state index in [0.717, 1.165) is 37.7 Å². The van der Waals surface area contributed by atoms with Crippen LogP contribution in [0.5, 0.6) is 0 Å². The van der Waals surface area contributed by atoms with Crippen LogP contribution < -0.4 is 0 Å². The normalized spacial score (nSPS) is 45.2. The summed E-state index contributed by atoms with van der Waals surface area (Å²) in [7, 11) is 0. The predicted molar refractivity (Wildman–Crippen MR) is 108 cm³/mol. The van der Waals surface area contributed by atoms with Crippen LogP contribution in [0.3, 0.4) is 0 Å². The second kappa shape index (κ2) is 6.42. The van der Waals surface area contributed by atoms with E-state index < -0.39 is 23.6 Å². The molecule has 4 aliphatic rings. The van der Waals surface area contributed by atoms with Crippen LogP contribution in [-0.2, 0) is 23.9 Å². The van der Waals surface area contributed by atoms with E-state index in [1.807, 2.05) is 0 Å². The van der Waals surface area contributed by atoms with Crippen LogP contribution in [0.2, 0.25) is 0 Å². The Labute approximate surface area is 173 Å². The van der Waals surface area contributed by atoms with Crippen molar-refractivity contribution in [3.05, 3.63) is 12.2 Å². The molecule has 0 heterocycles. The first kappa shape index (κ1) is 20.6. The Morgan fingerprint density at radius 2 is 1.69 bits per heavy atom. The topological polar surface area (TPSA) is 69.7 Å². The smallest absolute Gasteiger partial charge is 0.303 e. The Morgan fingerprint density at radius 1 is 1.03 bits per heavy atom. The first-order valence-corrected chi connectivity index (χ1v) is 11.0. The van der Waals surface area contributed by atoms with E-state index in [1.165, 1.54) is 13.8 Å². The summed E-state index contributed by atoms with van der Waals surface area (Å²) < 4.78 is 11.6. The zero-order chi connectivity index (χ0) is 21.4. The summed E-state index contributed by atoms with van der Waals surface area (Å²) in [5, 5.41) is 0. The first-order chi connectivity index (χ1) is 13.4. The van der Waals surface area contributed by atoms with Crippen molar-refractivity contribution in [1.29, 1.82) is 0 Å². The summed E-state index contributed by atoms with van der Waals surface area (Å²) in [6.07, 6.45) is 4.30. The average Bonchev–Trinajstić information content (AvgIpc) is 2.80. The fourth-order valence-electron chi connectivity index (χ4n) is 8.09. The van der Waals surface area contributed by atoms with Gasteiger partial charge in [0.25, 0.3) is 0 Å². The van der Waals surface area contributed by atoms with Gasteiger partial charge in [0.15, 0.2) is 11.9 Å². The number of hydrogen-bond donors (Lipinski definition) is 0. The summed E-state index contributed by atoms with van der Waals surface area (Å²) in [4.78, 5) is 38.2.